The van der Waals surface area contributed by atoms with Gasteiger partial charge < -0.3 is 15.4 Å². The van der Waals surface area contributed by atoms with E-state index < -0.39 is 0 Å². The molecule has 4 heteroatoms. The topological polar surface area (TPSA) is 50.4 Å². The van der Waals surface area contributed by atoms with Crippen molar-refractivity contribution in [3.8, 4) is 5.75 Å². The Labute approximate surface area is 89.6 Å². The maximum absolute atomic E-state index is 11.2. The second-order valence-electron chi connectivity index (χ2n) is 3.37. The van der Waals surface area contributed by atoms with Gasteiger partial charge in [0, 0.05) is 7.05 Å². The smallest absolute Gasteiger partial charge is 0.319 e. The Morgan fingerprint density at radius 1 is 1.33 bits per heavy atom. The van der Waals surface area contributed by atoms with Gasteiger partial charge in [-0.15, -0.1) is 0 Å². The number of carbonyl (C=O) groups is 1. The molecule has 0 aromatic heterocycles. The summed E-state index contributed by atoms with van der Waals surface area (Å²) in [4.78, 5) is 11.2. The summed E-state index contributed by atoms with van der Waals surface area (Å²) in [7, 11) is 3.16. The number of anilines is 1. The first-order valence-corrected chi connectivity index (χ1v) is 4.72. The number of nitrogens with one attached hydrogen (secondary N) is 2. The van der Waals surface area contributed by atoms with Crippen molar-refractivity contribution in [3.63, 3.8) is 0 Å². The van der Waals surface area contributed by atoms with E-state index in [1.807, 2.05) is 26.0 Å². The average molecular weight is 208 g/mol. The van der Waals surface area contributed by atoms with Gasteiger partial charge in [-0.05, 0) is 31.0 Å². The highest BCUT2D eigenvalue weighted by molar-refractivity contribution is 5.91. The van der Waals surface area contributed by atoms with Crippen molar-refractivity contribution in [2.24, 2.45) is 0 Å². The number of hydrogen-bond acceptors (Lipinski definition) is 2. The summed E-state index contributed by atoms with van der Waals surface area (Å²) >= 11 is 0. The fourth-order valence-electron chi connectivity index (χ4n) is 1.50. The number of amides is 2. The third-order valence-electron chi connectivity index (χ3n) is 2.10. The van der Waals surface area contributed by atoms with Crippen LogP contribution in [0.15, 0.2) is 12.1 Å². The summed E-state index contributed by atoms with van der Waals surface area (Å²) in [5.41, 5.74) is 2.78. The van der Waals surface area contributed by atoms with Crippen LogP contribution in [-0.4, -0.2) is 20.2 Å². The van der Waals surface area contributed by atoms with Crippen LogP contribution in [0.1, 0.15) is 11.1 Å². The zero-order valence-corrected chi connectivity index (χ0v) is 9.47. The van der Waals surface area contributed by atoms with Crippen molar-refractivity contribution >= 4 is 11.7 Å². The first kappa shape index (κ1) is 11.4. The number of hydrogen-bond donors (Lipinski definition) is 2. The zero-order chi connectivity index (χ0) is 11.4. The molecular formula is C11H16N2O2. The van der Waals surface area contributed by atoms with E-state index in [-0.39, 0.29) is 6.03 Å². The Hall–Kier alpha value is -1.71. The number of benzene rings is 1. The molecule has 0 bridgehead atoms. The molecule has 0 saturated heterocycles. The van der Waals surface area contributed by atoms with Crippen molar-refractivity contribution in [2.45, 2.75) is 13.8 Å². The lowest BCUT2D eigenvalue weighted by Gasteiger charge is -2.13. The van der Waals surface area contributed by atoms with Gasteiger partial charge in [-0.25, -0.2) is 4.79 Å². The maximum atomic E-state index is 11.2. The number of rotatable bonds is 2. The molecule has 0 aliphatic rings. The van der Waals surface area contributed by atoms with Gasteiger partial charge in [0.05, 0.1) is 12.8 Å². The van der Waals surface area contributed by atoms with Gasteiger partial charge in [0.2, 0.25) is 0 Å². The average Bonchev–Trinajstić information content (AvgIpc) is 2.17. The van der Waals surface area contributed by atoms with Gasteiger partial charge in [-0.1, -0.05) is 6.07 Å². The quantitative estimate of drug-likeness (QED) is 0.781. The first-order chi connectivity index (χ1) is 7.08. The van der Waals surface area contributed by atoms with Crippen LogP contribution in [0.4, 0.5) is 10.5 Å². The molecule has 2 N–H and O–H groups in total. The molecule has 0 saturated carbocycles. The zero-order valence-electron chi connectivity index (χ0n) is 9.47. The van der Waals surface area contributed by atoms with Crippen LogP contribution >= 0.6 is 0 Å². The highest BCUT2D eigenvalue weighted by Gasteiger charge is 2.09. The minimum atomic E-state index is -0.252. The van der Waals surface area contributed by atoms with E-state index in [9.17, 15) is 4.79 Å². The normalized spacial score (nSPS) is 9.60. The first-order valence-electron chi connectivity index (χ1n) is 4.72. The minimum Gasteiger partial charge on any atom is -0.494 e. The molecular weight excluding hydrogens is 192 g/mol. The minimum absolute atomic E-state index is 0.252. The highest BCUT2D eigenvalue weighted by Crippen LogP contribution is 2.29. The molecule has 1 aromatic rings. The molecule has 2 amide bonds. The summed E-state index contributed by atoms with van der Waals surface area (Å²) in [6.45, 7) is 3.92. The third-order valence-corrected chi connectivity index (χ3v) is 2.10. The van der Waals surface area contributed by atoms with E-state index in [4.69, 9.17) is 4.74 Å². The SMILES string of the molecule is CNC(=O)Nc1cc(C)cc(C)c1OC. The largest absolute Gasteiger partial charge is 0.494 e. The van der Waals surface area contributed by atoms with Crippen LogP contribution in [0.5, 0.6) is 5.75 Å². The lowest BCUT2D eigenvalue weighted by molar-refractivity contribution is 0.254. The van der Waals surface area contributed by atoms with Crippen LogP contribution in [0, 0.1) is 13.8 Å². The van der Waals surface area contributed by atoms with Gasteiger partial charge in [0.1, 0.15) is 5.75 Å². The van der Waals surface area contributed by atoms with Gasteiger partial charge in [-0.3, -0.25) is 0 Å². The van der Waals surface area contributed by atoms with Crippen LogP contribution in [0.3, 0.4) is 0 Å². The van der Waals surface area contributed by atoms with E-state index in [1.165, 1.54) is 0 Å². The Kier molecular flexibility index (Phi) is 3.55. The Morgan fingerprint density at radius 3 is 2.53 bits per heavy atom. The van der Waals surface area contributed by atoms with E-state index in [0.717, 1.165) is 11.1 Å². The molecule has 1 rings (SSSR count). The van der Waals surface area contributed by atoms with Crippen LogP contribution in [0.2, 0.25) is 0 Å². The predicted molar refractivity (Wildman–Crippen MR) is 60.5 cm³/mol. The molecule has 4 nitrogen and oxygen atoms in total. The van der Waals surface area contributed by atoms with Crippen LogP contribution < -0.4 is 15.4 Å². The lowest BCUT2D eigenvalue weighted by atomic mass is 10.1. The number of aryl methyl sites for hydroxylation is 2. The molecule has 0 radical (unpaired) electrons. The standard InChI is InChI=1S/C11H16N2O2/c1-7-5-8(2)10(15-4)9(6-7)13-11(14)12-3/h5-6H,1-4H3,(H2,12,13,14). The molecule has 0 fully saturated rings. The number of ether oxygens (including phenoxy) is 1. The fourth-order valence-corrected chi connectivity index (χ4v) is 1.50. The Balaban J connectivity index is 3.09. The van der Waals surface area contributed by atoms with Gasteiger partial charge in [0.15, 0.2) is 0 Å². The molecule has 0 atom stereocenters. The van der Waals surface area contributed by atoms with Crippen LogP contribution in [0.25, 0.3) is 0 Å². The highest BCUT2D eigenvalue weighted by atomic mass is 16.5. The van der Waals surface area contributed by atoms with Gasteiger partial charge in [-0.2, -0.15) is 0 Å². The maximum Gasteiger partial charge on any atom is 0.319 e. The summed E-state index contributed by atoms with van der Waals surface area (Å²) < 4.78 is 5.23. The number of urea groups is 1. The second-order valence-corrected chi connectivity index (χ2v) is 3.37. The molecule has 0 aliphatic carbocycles. The summed E-state index contributed by atoms with van der Waals surface area (Å²) in [6.07, 6.45) is 0. The second kappa shape index (κ2) is 4.68. The molecule has 0 spiro atoms. The third kappa shape index (κ3) is 2.62. The fraction of sp³-hybridized carbons (Fsp3) is 0.364. The van der Waals surface area contributed by atoms with Crippen LogP contribution in [-0.2, 0) is 0 Å². The van der Waals surface area contributed by atoms with E-state index in [2.05, 4.69) is 10.6 Å². The molecule has 0 heterocycles. The lowest BCUT2D eigenvalue weighted by Crippen LogP contribution is -2.24. The van der Waals surface area contributed by atoms with Crippen molar-refractivity contribution in [1.82, 2.24) is 5.32 Å². The number of methoxy groups -OCH3 is 1. The Morgan fingerprint density at radius 2 is 2.00 bits per heavy atom. The van der Waals surface area contributed by atoms with Crippen molar-refractivity contribution in [1.29, 1.82) is 0 Å². The summed E-state index contributed by atoms with van der Waals surface area (Å²) in [6, 6.07) is 3.63. The van der Waals surface area contributed by atoms with Crippen molar-refractivity contribution in [3.05, 3.63) is 23.3 Å². The Bertz CT molecular complexity index is 375. The summed E-state index contributed by atoms with van der Waals surface area (Å²) in [5, 5.41) is 5.22. The molecule has 82 valence electrons. The van der Waals surface area contributed by atoms with E-state index in [0.29, 0.717) is 11.4 Å². The molecule has 1 aromatic carbocycles. The number of carbonyl (C=O) groups excluding carboxylic acids is 1. The molecule has 15 heavy (non-hydrogen) atoms. The van der Waals surface area contributed by atoms with Crippen molar-refractivity contribution < 1.29 is 9.53 Å². The monoisotopic (exact) mass is 208 g/mol. The van der Waals surface area contributed by atoms with E-state index >= 15 is 0 Å². The van der Waals surface area contributed by atoms with Gasteiger partial charge in [0.25, 0.3) is 0 Å². The molecule has 0 aliphatic heterocycles. The van der Waals surface area contributed by atoms with Gasteiger partial charge >= 0.3 is 6.03 Å². The van der Waals surface area contributed by atoms with Crippen molar-refractivity contribution in [2.75, 3.05) is 19.5 Å². The van der Waals surface area contributed by atoms with E-state index in [1.54, 1.807) is 14.2 Å². The predicted octanol–water partition coefficient (Wildman–Crippen LogP) is 2.06. The summed E-state index contributed by atoms with van der Waals surface area (Å²) in [5.74, 6) is 0.698. The molecule has 0 unspecified atom stereocenters.